The summed E-state index contributed by atoms with van der Waals surface area (Å²) in [5.41, 5.74) is 2.57. The van der Waals surface area contributed by atoms with Gasteiger partial charge in [0.1, 0.15) is 6.20 Å². The Morgan fingerprint density at radius 1 is 1.53 bits per heavy atom. The number of hydrazine groups is 1. The molecule has 0 unspecified atom stereocenters. The Morgan fingerprint density at radius 3 is 2.67 bits per heavy atom. The van der Waals surface area contributed by atoms with Crippen LogP contribution in [0, 0.1) is 10.1 Å². The van der Waals surface area contributed by atoms with Crippen molar-refractivity contribution in [1.82, 2.24) is 15.0 Å². The molecule has 0 aliphatic heterocycles. The fourth-order valence-corrected chi connectivity index (χ4v) is 0.924. The molecule has 0 saturated heterocycles. The zero-order valence-corrected chi connectivity index (χ0v) is 8.68. The van der Waals surface area contributed by atoms with E-state index in [0.717, 1.165) is 6.20 Å². The van der Waals surface area contributed by atoms with Gasteiger partial charge in [-0.1, -0.05) is 0 Å². The zero-order valence-electron chi connectivity index (χ0n) is 8.68. The van der Waals surface area contributed by atoms with Gasteiger partial charge in [-0.2, -0.15) is 4.98 Å². The number of anilines is 2. The highest BCUT2D eigenvalue weighted by Crippen LogP contribution is 2.21. The van der Waals surface area contributed by atoms with Crippen LogP contribution in [0.4, 0.5) is 17.5 Å². The Bertz CT molecular complexity index is 366. The Hall–Kier alpha value is -1.96. The van der Waals surface area contributed by atoms with Gasteiger partial charge in [0, 0.05) is 21.1 Å². The molecular weight excluding hydrogens is 200 g/mol. The summed E-state index contributed by atoms with van der Waals surface area (Å²) in [4.78, 5) is 17.8. The van der Waals surface area contributed by atoms with Crippen molar-refractivity contribution in [3.05, 3.63) is 16.3 Å². The van der Waals surface area contributed by atoms with Crippen LogP contribution in [0.15, 0.2) is 6.20 Å². The Morgan fingerprint density at radius 2 is 2.20 bits per heavy atom. The lowest BCUT2D eigenvalue weighted by Crippen LogP contribution is -2.21. The largest absolute Gasteiger partial charge is 0.357 e. The molecule has 0 amide bonds. The average molecular weight is 212 g/mol. The molecule has 1 aromatic heterocycles. The van der Waals surface area contributed by atoms with E-state index in [1.165, 1.54) is 0 Å². The van der Waals surface area contributed by atoms with E-state index in [1.54, 1.807) is 26.2 Å². The van der Waals surface area contributed by atoms with Crippen molar-refractivity contribution < 1.29 is 4.92 Å². The van der Waals surface area contributed by atoms with Crippen LogP contribution < -0.4 is 10.7 Å². The molecular formula is C7H12N6O2. The molecule has 2 N–H and O–H groups in total. The van der Waals surface area contributed by atoms with Crippen LogP contribution in [-0.2, 0) is 0 Å². The lowest BCUT2D eigenvalue weighted by molar-refractivity contribution is -0.384. The lowest BCUT2D eigenvalue weighted by Gasteiger charge is -2.12. The van der Waals surface area contributed by atoms with Gasteiger partial charge in [0.2, 0.25) is 11.8 Å². The van der Waals surface area contributed by atoms with E-state index in [1.807, 2.05) is 0 Å². The number of rotatable bonds is 4. The highest BCUT2D eigenvalue weighted by molar-refractivity contribution is 5.56. The van der Waals surface area contributed by atoms with E-state index < -0.39 is 4.92 Å². The fraction of sp³-hybridized carbons (Fsp3) is 0.429. The molecule has 0 spiro atoms. The minimum Gasteiger partial charge on any atom is -0.357 e. The van der Waals surface area contributed by atoms with Crippen LogP contribution in [0.5, 0.6) is 0 Å². The van der Waals surface area contributed by atoms with Crippen LogP contribution in [-0.4, -0.2) is 41.0 Å². The first-order chi connectivity index (χ1) is 7.04. The first-order valence-electron chi connectivity index (χ1n) is 4.17. The summed E-state index contributed by atoms with van der Waals surface area (Å²) in [6.45, 7) is 0. The third kappa shape index (κ3) is 2.74. The van der Waals surface area contributed by atoms with Gasteiger partial charge in [-0.25, -0.2) is 9.99 Å². The van der Waals surface area contributed by atoms with E-state index in [9.17, 15) is 10.1 Å². The van der Waals surface area contributed by atoms with E-state index in [4.69, 9.17) is 0 Å². The monoisotopic (exact) mass is 212 g/mol. The molecule has 0 saturated carbocycles. The van der Waals surface area contributed by atoms with E-state index in [0.29, 0.717) is 5.95 Å². The molecule has 0 aromatic carbocycles. The van der Waals surface area contributed by atoms with Crippen LogP contribution in [0.25, 0.3) is 0 Å². The van der Waals surface area contributed by atoms with Gasteiger partial charge in [-0.15, -0.1) is 0 Å². The molecule has 0 atom stereocenters. The van der Waals surface area contributed by atoms with Gasteiger partial charge >= 0.3 is 5.69 Å². The fourth-order valence-electron chi connectivity index (χ4n) is 0.924. The molecule has 1 aromatic rings. The number of aromatic nitrogens is 2. The highest BCUT2D eigenvalue weighted by Gasteiger charge is 2.17. The van der Waals surface area contributed by atoms with Crippen molar-refractivity contribution in [2.75, 3.05) is 31.9 Å². The maximum Gasteiger partial charge on any atom is 0.330 e. The minimum absolute atomic E-state index is 0.157. The topological polar surface area (TPSA) is 96.2 Å². The summed E-state index contributed by atoms with van der Waals surface area (Å²) in [5.74, 6) is 0.481. The molecule has 0 fully saturated rings. The second-order valence-electron chi connectivity index (χ2n) is 2.94. The molecule has 1 rings (SSSR count). The smallest absolute Gasteiger partial charge is 0.330 e. The highest BCUT2D eigenvalue weighted by atomic mass is 16.6. The van der Waals surface area contributed by atoms with E-state index in [-0.39, 0.29) is 11.5 Å². The molecule has 82 valence electrons. The standard InChI is InChI=1S/C7H12N6O2/c1-8-7-9-4-5(13(14)15)6(10-7)11-12(2)3/h4H,1-3H3,(H2,8,9,10,11). The molecule has 0 aliphatic rings. The SMILES string of the molecule is CNc1ncc([N+](=O)[O-])c(NN(C)C)n1. The van der Waals surface area contributed by atoms with Gasteiger partial charge in [-0.05, 0) is 0 Å². The van der Waals surface area contributed by atoms with Gasteiger partial charge in [-0.3, -0.25) is 15.5 Å². The van der Waals surface area contributed by atoms with Gasteiger partial charge in [0.05, 0.1) is 4.92 Å². The first kappa shape index (κ1) is 11.1. The normalized spacial score (nSPS) is 10.1. The molecule has 8 heteroatoms. The minimum atomic E-state index is -0.536. The first-order valence-corrected chi connectivity index (χ1v) is 4.17. The van der Waals surface area contributed by atoms with Crippen molar-refractivity contribution in [2.45, 2.75) is 0 Å². The quantitative estimate of drug-likeness (QED) is 0.547. The average Bonchev–Trinajstić information content (AvgIpc) is 2.16. The third-order valence-corrected chi connectivity index (χ3v) is 1.52. The van der Waals surface area contributed by atoms with Crippen LogP contribution in [0.2, 0.25) is 0 Å². The Balaban J connectivity index is 3.10. The molecule has 0 bridgehead atoms. The summed E-state index contributed by atoms with van der Waals surface area (Å²) < 4.78 is 0. The van der Waals surface area contributed by atoms with Crippen molar-refractivity contribution in [2.24, 2.45) is 0 Å². The lowest BCUT2D eigenvalue weighted by atomic mass is 10.5. The molecule has 15 heavy (non-hydrogen) atoms. The van der Waals surface area contributed by atoms with Crippen LogP contribution in [0.3, 0.4) is 0 Å². The summed E-state index contributed by atoms with van der Waals surface area (Å²) in [6.07, 6.45) is 1.16. The second kappa shape index (κ2) is 4.51. The molecule has 1 heterocycles. The maximum atomic E-state index is 10.6. The third-order valence-electron chi connectivity index (χ3n) is 1.52. The summed E-state index contributed by atoms with van der Waals surface area (Å²) >= 11 is 0. The van der Waals surface area contributed by atoms with Gasteiger partial charge in [0.25, 0.3) is 0 Å². The van der Waals surface area contributed by atoms with Crippen LogP contribution >= 0.6 is 0 Å². The molecule has 8 nitrogen and oxygen atoms in total. The number of hydrogen-bond acceptors (Lipinski definition) is 7. The van der Waals surface area contributed by atoms with Crippen molar-refractivity contribution in [3.8, 4) is 0 Å². The number of nitrogens with one attached hydrogen (secondary N) is 2. The summed E-state index contributed by atoms with van der Waals surface area (Å²) in [7, 11) is 5.07. The Kier molecular flexibility index (Phi) is 3.34. The van der Waals surface area contributed by atoms with Gasteiger partial charge < -0.3 is 5.32 Å². The molecule has 0 aliphatic carbocycles. The van der Waals surface area contributed by atoms with Crippen molar-refractivity contribution in [3.63, 3.8) is 0 Å². The van der Waals surface area contributed by atoms with E-state index in [2.05, 4.69) is 20.7 Å². The predicted molar refractivity (Wildman–Crippen MR) is 55.5 cm³/mol. The number of nitro groups is 1. The summed E-state index contributed by atoms with van der Waals surface area (Å²) in [6, 6.07) is 0. The predicted octanol–water partition coefficient (Wildman–Crippen LogP) is 0.315. The number of hydrogen-bond donors (Lipinski definition) is 2. The van der Waals surface area contributed by atoms with Crippen molar-refractivity contribution in [1.29, 1.82) is 0 Å². The zero-order chi connectivity index (χ0) is 11.4. The Labute approximate surface area is 86.4 Å². The summed E-state index contributed by atoms with van der Waals surface area (Å²) in [5, 5.41) is 14.9. The second-order valence-corrected chi connectivity index (χ2v) is 2.94. The maximum absolute atomic E-state index is 10.6. The van der Waals surface area contributed by atoms with Gasteiger partial charge in [0.15, 0.2) is 0 Å². The van der Waals surface area contributed by atoms with Crippen molar-refractivity contribution >= 4 is 17.5 Å². The number of nitrogens with zero attached hydrogens (tertiary/aromatic N) is 4. The molecule has 0 radical (unpaired) electrons. The van der Waals surface area contributed by atoms with E-state index >= 15 is 0 Å². The van der Waals surface area contributed by atoms with Crippen LogP contribution in [0.1, 0.15) is 0 Å².